The summed E-state index contributed by atoms with van der Waals surface area (Å²) in [6, 6.07) is 13.2. The van der Waals surface area contributed by atoms with E-state index in [9.17, 15) is 0 Å². The molecule has 338 valence electrons. The second kappa shape index (κ2) is 27.2. The second-order valence-corrected chi connectivity index (χ2v) is 21.4. The molecule has 0 unspecified atom stereocenters. The summed E-state index contributed by atoms with van der Waals surface area (Å²) < 4.78 is 3.56. The third-order valence-electron chi connectivity index (χ3n) is 7.88. The molecule has 8 nitrogen and oxygen atoms in total. The zero-order chi connectivity index (χ0) is 47.2. The summed E-state index contributed by atoms with van der Waals surface area (Å²) in [5, 5.41) is 14.8. The first-order valence-corrected chi connectivity index (χ1v) is 29.3. The van der Waals surface area contributed by atoms with Crippen molar-refractivity contribution in [3.05, 3.63) is 98.0 Å². The number of hydrogen-bond donors (Lipinski definition) is 2. The Hall–Kier alpha value is -2.29. The zero-order valence-corrected chi connectivity index (χ0v) is 48.6. The van der Waals surface area contributed by atoms with Gasteiger partial charge in [0.05, 0.1) is 35.6 Å². The van der Waals surface area contributed by atoms with Gasteiger partial charge >= 0.3 is 30.0 Å². The molecule has 14 heteroatoms. The van der Waals surface area contributed by atoms with E-state index in [-0.39, 0.29) is 31.3 Å². The summed E-state index contributed by atoms with van der Waals surface area (Å²) in [6.45, 7) is 36.6. The number of carboxylic acids is 2. The minimum atomic E-state index is -0.833. The molecule has 0 aliphatic rings. The predicted molar refractivity (Wildman–Crippen MR) is 264 cm³/mol. The van der Waals surface area contributed by atoms with E-state index in [0.717, 1.165) is 47.4 Å². The Bertz CT molecular complexity index is 2300. The molecule has 6 rings (SSSR count). The second-order valence-electron chi connectivity index (χ2n) is 17.9. The summed E-state index contributed by atoms with van der Waals surface area (Å²) in [5.41, 5.74) is 15.0. The third-order valence-corrected chi connectivity index (χ3v) is 11.0. The van der Waals surface area contributed by atoms with E-state index in [4.69, 9.17) is 19.8 Å². The molecule has 0 saturated carbocycles. The molecule has 0 aliphatic heterocycles. The van der Waals surface area contributed by atoms with Crippen molar-refractivity contribution in [1.82, 2.24) is 19.9 Å². The SMILES string of the molecule is CC(=O)O.CC(=O)O.Cc1cc(C)cc(-c2ncnc3c(C(C)C)c(Br)sc23)c1.Cc1cc(C)cc(-c2ncnc3c(C(C)C)c(CC(C)(C)C)sc23)c1.[CH2-]C(C)(C)C.[Pd].[Zn+][Br]. The van der Waals surface area contributed by atoms with Crippen molar-refractivity contribution in [3.8, 4) is 22.5 Å². The first-order chi connectivity index (χ1) is 28.1. The number of aromatic nitrogens is 4. The van der Waals surface area contributed by atoms with Gasteiger partial charge in [-0.2, -0.15) is 5.41 Å². The molecule has 4 heterocycles. The summed E-state index contributed by atoms with van der Waals surface area (Å²) in [6.07, 6.45) is 4.49. The van der Waals surface area contributed by atoms with Crippen molar-refractivity contribution in [1.29, 1.82) is 0 Å². The molecular formula is C48H64Br2N4O4PdS2Zn. The van der Waals surface area contributed by atoms with E-state index >= 15 is 0 Å². The quantitative estimate of drug-likeness (QED) is 0.129. The molecule has 0 radical (unpaired) electrons. The number of fused-ring (bicyclic) bond motifs is 2. The van der Waals surface area contributed by atoms with Crippen LogP contribution in [0.3, 0.4) is 0 Å². The molecule has 62 heavy (non-hydrogen) atoms. The molecule has 0 atom stereocenters. The molecule has 0 saturated heterocycles. The third kappa shape index (κ3) is 20.7. The van der Waals surface area contributed by atoms with Gasteiger partial charge in [0.25, 0.3) is 11.9 Å². The molecule has 0 spiro atoms. The van der Waals surface area contributed by atoms with Crippen LogP contribution in [-0.4, -0.2) is 42.1 Å². The van der Waals surface area contributed by atoms with Crippen LogP contribution in [0, 0.1) is 45.4 Å². The van der Waals surface area contributed by atoms with E-state index in [1.807, 2.05) is 11.3 Å². The van der Waals surface area contributed by atoms with E-state index in [1.54, 1.807) is 24.0 Å². The maximum atomic E-state index is 9.00. The van der Waals surface area contributed by atoms with Gasteiger partial charge in [0, 0.05) is 55.8 Å². The number of carbonyl (C=O) groups is 2. The van der Waals surface area contributed by atoms with Gasteiger partial charge in [-0.3, -0.25) is 9.59 Å². The molecule has 0 bridgehead atoms. The summed E-state index contributed by atoms with van der Waals surface area (Å²) in [5.74, 6) is -0.761. The van der Waals surface area contributed by atoms with E-state index in [1.165, 1.54) is 74.2 Å². The topological polar surface area (TPSA) is 126 Å². The van der Waals surface area contributed by atoms with Gasteiger partial charge in [0.1, 0.15) is 12.7 Å². The van der Waals surface area contributed by atoms with Gasteiger partial charge in [-0.05, 0) is 97.1 Å². The van der Waals surface area contributed by atoms with Crippen LogP contribution in [0.2, 0.25) is 0 Å². The molecule has 0 fully saturated rings. The number of aryl methyl sites for hydroxylation is 4. The summed E-state index contributed by atoms with van der Waals surface area (Å²) in [4.78, 5) is 37.9. The molecule has 4 aromatic heterocycles. The number of halogens is 2. The van der Waals surface area contributed by atoms with Crippen molar-refractivity contribution in [2.45, 2.75) is 129 Å². The van der Waals surface area contributed by atoms with Gasteiger partial charge in [0.2, 0.25) is 0 Å². The molecular weight excluding hydrogens is 1090 g/mol. The number of rotatable bonds is 5. The van der Waals surface area contributed by atoms with Crippen LogP contribution in [-0.2, 0) is 52.8 Å². The van der Waals surface area contributed by atoms with Crippen LogP contribution in [0.5, 0.6) is 0 Å². The van der Waals surface area contributed by atoms with Crippen LogP contribution in [0.25, 0.3) is 42.9 Å². The number of thiophene rings is 2. The van der Waals surface area contributed by atoms with E-state index in [2.05, 4.69) is 190 Å². The first kappa shape index (κ1) is 59.7. The summed E-state index contributed by atoms with van der Waals surface area (Å²) in [7, 11) is 0. The number of aliphatic carboxylic acids is 2. The van der Waals surface area contributed by atoms with Gasteiger partial charge in [0.15, 0.2) is 0 Å². The van der Waals surface area contributed by atoms with Crippen LogP contribution in [0.1, 0.15) is 133 Å². The Morgan fingerprint density at radius 3 is 1.27 bits per heavy atom. The van der Waals surface area contributed by atoms with Crippen molar-refractivity contribution in [3.63, 3.8) is 0 Å². The van der Waals surface area contributed by atoms with Crippen molar-refractivity contribution >= 4 is 84.6 Å². The minimum absolute atomic E-state index is 0. The monoisotopic (exact) mass is 1150 g/mol. The molecule has 0 aliphatic carbocycles. The average Bonchev–Trinajstić information content (AvgIpc) is 3.63. The van der Waals surface area contributed by atoms with E-state index < -0.39 is 11.9 Å². The maximum absolute atomic E-state index is 9.00. The van der Waals surface area contributed by atoms with Crippen molar-refractivity contribution in [2.24, 2.45) is 10.8 Å². The molecule has 2 N–H and O–H groups in total. The first-order valence-electron chi connectivity index (χ1n) is 20.0. The van der Waals surface area contributed by atoms with Gasteiger partial charge < -0.3 is 17.1 Å². The van der Waals surface area contributed by atoms with Gasteiger partial charge in [-0.1, -0.05) is 104 Å². The standard InChI is InChI=1S/C22H28N2S.C17H17BrN2S.C5H11.2C2H4O2.BrH.Pd.Zn/c1-13(2)18-17(11-22(5,6)7)25-21-19(23-12-24-20(18)21)16-9-14(3)8-15(4)10-16;1-9(2)13-15-16(21-17(13)18)14(19-8-20-15)12-6-10(3)5-11(4)7-12;1-5(2,3)4;2*1-2(3)4;;;/h8-10,12-13H,11H2,1-7H3;5-9H,1-4H3;1H2,2-4H3;2*1H3,(H,3,4);1H;;/q;;-1;;;;;+2/p-1. The Morgan fingerprint density at radius 2 is 0.968 bits per heavy atom. The van der Waals surface area contributed by atoms with Gasteiger partial charge in [-0.25, -0.2) is 19.9 Å². The Balaban J connectivity index is 0.000000903. The number of benzene rings is 2. The fourth-order valence-electron chi connectivity index (χ4n) is 6.22. The van der Waals surface area contributed by atoms with Crippen LogP contribution < -0.4 is 0 Å². The normalized spacial score (nSPS) is 10.8. The van der Waals surface area contributed by atoms with E-state index in [0.29, 0.717) is 11.8 Å². The molecule has 0 amide bonds. The summed E-state index contributed by atoms with van der Waals surface area (Å²) >= 11 is 11.6. The predicted octanol–water partition coefficient (Wildman–Crippen LogP) is 15.4. The Labute approximate surface area is 417 Å². The van der Waals surface area contributed by atoms with Crippen LogP contribution in [0.15, 0.2) is 52.8 Å². The van der Waals surface area contributed by atoms with Crippen molar-refractivity contribution < 1.29 is 56.6 Å². The average molecular weight is 1160 g/mol. The Morgan fingerprint density at radius 1 is 0.661 bits per heavy atom. The van der Waals surface area contributed by atoms with Crippen molar-refractivity contribution in [2.75, 3.05) is 0 Å². The molecule has 6 aromatic rings. The fraction of sp³-hybridized carbons (Fsp3) is 0.438. The van der Waals surface area contributed by atoms with Crippen LogP contribution in [0.4, 0.5) is 0 Å². The Kier molecular flexibility index (Phi) is 26.2. The van der Waals surface area contributed by atoms with Crippen LogP contribution >= 0.6 is 52.2 Å². The number of carboxylic acid groups (broad SMARTS) is 2. The fourth-order valence-corrected chi connectivity index (χ4v) is 10.2. The van der Waals surface area contributed by atoms with Gasteiger partial charge in [-0.15, -0.1) is 22.7 Å². The zero-order valence-electron chi connectivity index (χ0n) is 39.3. The molecule has 2 aromatic carbocycles. The number of hydrogen-bond acceptors (Lipinski definition) is 8. The number of nitrogens with zero attached hydrogens (tertiary/aromatic N) is 4.